The molecule has 0 saturated carbocycles. The molecule has 1 N–H and O–H groups in total. The zero-order valence-electron chi connectivity index (χ0n) is 46.0. The van der Waals surface area contributed by atoms with Crippen molar-refractivity contribution in [3.63, 3.8) is 0 Å². The van der Waals surface area contributed by atoms with E-state index < -0.39 is 89.9 Å². The van der Waals surface area contributed by atoms with E-state index in [1.165, 1.54) is 24.3 Å². The molecule has 20 heteroatoms. The Balaban J connectivity index is 1.18. The fourth-order valence-electron chi connectivity index (χ4n) is 9.52. The van der Waals surface area contributed by atoms with Crippen LogP contribution in [-0.2, 0) is 91.7 Å². The summed E-state index contributed by atoms with van der Waals surface area (Å²) in [5, 5.41) is 2.83. The second-order valence-electron chi connectivity index (χ2n) is 20.0. The molecule has 14 nitrogen and oxygen atoms in total. The van der Waals surface area contributed by atoms with Crippen molar-refractivity contribution in [1.29, 1.82) is 0 Å². The van der Waals surface area contributed by atoms with Crippen LogP contribution in [0.2, 0.25) is 0 Å². The summed E-state index contributed by atoms with van der Waals surface area (Å²) in [6.45, 7) is -1.02. The highest BCUT2D eigenvalue weighted by molar-refractivity contribution is 6.67. The van der Waals surface area contributed by atoms with Crippen molar-refractivity contribution in [3.8, 4) is 0 Å². The van der Waals surface area contributed by atoms with Crippen LogP contribution in [0.5, 0.6) is 0 Å². The molecule has 0 unspecified atom stereocenters. The van der Waals surface area contributed by atoms with E-state index in [-0.39, 0.29) is 58.5 Å². The van der Waals surface area contributed by atoms with Gasteiger partial charge in [0.05, 0.1) is 58.5 Å². The van der Waals surface area contributed by atoms with Crippen LogP contribution in [0.3, 0.4) is 0 Å². The Bertz CT molecular complexity index is 3080. The van der Waals surface area contributed by atoms with Gasteiger partial charge in [0, 0.05) is 0 Å². The first-order chi connectivity index (χ1) is 41.3. The first kappa shape index (κ1) is 63.1. The molecule has 1 amide bonds. The molecule has 2 aliphatic rings. The van der Waals surface area contributed by atoms with Gasteiger partial charge < -0.3 is 57.4 Å². The molecule has 2 aliphatic heterocycles. The Morgan fingerprint density at radius 1 is 0.459 bits per heavy atom. The minimum Gasteiger partial charge on any atom is -0.445 e. The smallest absolute Gasteiger partial charge is 0.445 e. The quantitative estimate of drug-likeness (QED) is 0.0313. The molecule has 0 spiro atoms. The average Bonchev–Trinajstić information content (AvgIpc) is 1.77. The Kier molecular flexibility index (Phi) is 23.6. The number of alkyl halides is 6. The van der Waals surface area contributed by atoms with Crippen LogP contribution in [0.15, 0.2) is 217 Å². The Hall–Kier alpha value is -6.42. The number of ether oxygens (including phenoxy) is 11. The number of aliphatic imine (C=N–C) groups is 1. The lowest BCUT2D eigenvalue weighted by Gasteiger charge is -2.50. The number of hydrogen-bond donors (Lipinski definition) is 1. The fourth-order valence-corrected chi connectivity index (χ4v) is 9.68. The van der Waals surface area contributed by atoms with Crippen molar-refractivity contribution in [2.45, 2.75) is 111 Å². The van der Waals surface area contributed by atoms with E-state index in [1.54, 1.807) is 6.07 Å². The summed E-state index contributed by atoms with van der Waals surface area (Å²) in [7, 11) is 0. The average molecular weight is 1230 g/mol. The van der Waals surface area contributed by atoms with E-state index in [1.807, 2.05) is 182 Å². The molecular formula is C65H64Cl3F3N2O12. The fraction of sp³-hybridized carbons (Fsp3) is 0.323. The molecule has 0 radical (unpaired) electrons. The van der Waals surface area contributed by atoms with Gasteiger partial charge in [0.15, 0.2) is 12.4 Å². The number of para-hydroxylation sites is 1. The monoisotopic (exact) mass is 1230 g/mol. The first-order valence-electron chi connectivity index (χ1n) is 27.5. The number of carbonyl (C=O) groups is 1. The van der Waals surface area contributed by atoms with Gasteiger partial charge in [-0.15, -0.1) is 0 Å². The summed E-state index contributed by atoms with van der Waals surface area (Å²) in [6, 6.07) is 61.8. The summed E-state index contributed by atoms with van der Waals surface area (Å²) in [6.07, 6.45) is -19.1. The lowest BCUT2D eigenvalue weighted by atomic mass is 9.94. The van der Waals surface area contributed by atoms with Gasteiger partial charge in [-0.1, -0.05) is 235 Å². The van der Waals surface area contributed by atoms with Crippen LogP contribution < -0.4 is 5.32 Å². The topological polar surface area (TPSA) is 143 Å². The largest absolute Gasteiger partial charge is 0.468 e. The molecule has 9 rings (SSSR count). The van der Waals surface area contributed by atoms with Crippen molar-refractivity contribution in [2.75, 3.05) is 19.8 Å². The molecule has 0 bridgehead atoms. The van der Waals surface area contributed by atoms with Crippen LogP contribution in [0.4, 0.5) is 23.7 Å². The summed E-state index contributed by atoms with van der Waals surface area (Å²) in [4.78, 5) is 18.2. The van der Waals surface area contributed by atoms with Gasteiger partial charge in [-0.2, -0.15) is 13.2 Å². The maximum atomic E-state index is 15.7. The van der Waals surface area contributed by atoms with Crippen LogP contribution in [0, 0.1) is 0 Å². The number of carbonyl (C=O) groups excluding carboxylic acids is 1. The van der Waals surface area contributed by atoms with Crippen molar-refractivity contribution in [1.82, 2.24) is 5.32 Å². The summed E-state index contributed by atoms with van der Waals surface area (Å²) in [5.41, 5.74) is 4.57. The SMILES string of the molecule is O=C(N[C@H]1[C@H](O[C@@H]2[C@@H](OC(=Nc3ccccc3)C(F)(F)F)O[C@H](COCc3ccccc3)[C@@H](OCc3ccccc3)[C@@H]2OCc2ccccc2)O[C@H](COCc2ccccc2)[C@@H](OCc2ccccc2)[C@@H]1OCc1ccccc1)OCC(Cl)(Cl)Cl. The van der Waals surface area contributed by atoms with Crippen LogP contribution >= 0.6 is 34.8 Å². The number of benzene rings is 7. The number of alkyl carbamates (subject to hydrolysis) is 1. The molecule has 85 heavy (non-hydrogen) atoms. The van der Waals surface area contributed by atoms with Gasteiger partial charge >= 0.3 is 12.3 Å². The van der Waals surface area contributed by atoms with E-state index in [0.717, 1.165) is 27.8 Å². The van der Waals surface area contributed by atoms with Crippen LogP contribution in [0.25, 0.3) is 0 Å². The molecule has 0 aliphatic carbocycles. The molecule has 10 atom stereocenters. The number of rotatable bonds is 26. The van der Waals surface area contributed by atoms with E-state index >= 15 is 13.2 Å². The van der Waals surface area contributed by atoms with Gasteiger partial charge in [0.25, 0.3) is 5.90 Å². The Morgan fingerprint density at radius 2 is 0.812 bits per heavy atom. The third-order valence-corrected chi connectivity index (χ3v) is 13.9. The summed E-state index contributed by atoms with van der Waals surface area (Å²) >= 11 is 18.3. The predicted molar refractivity (Wildman–Crippen MR) is 314 cm³/mol. The number of nitrogens with one attached hydrogen (secondary N) is 1. The molecule has 448 valence electrons. The lowest BCUT2D eigenvalue weighted by Crippen LogP contribution is -2.69. The highest BCUT2D eigenvalue weighted by Gasteiger charge is 2.56. The minimum absolute atomic E-state index is 0.0213. The second-order valence-corrected chi connectivity index (χ2v) is 22.5. The Labute approximate surface area is 506 Å². The first-order valence-corrected chi connectivity index (χ1v) is 28.6. The van der Waals surface area contributed by atoms with Crippen molar-refractivity contribution < 1.29 is 70.1 Å². The molecule has 0 aromatic heterocycles. The summed E-state index contributed by atoms with van der Waals surface area (Å²) in [5.74, 6) is -1.67. The van der Waals surface area contributed by atoms with Crippen LogP contribution in [0.1, 0.15) is 33.4 Å². The van der Waals surface area contributed by atoms with Crippen molar-refractivity contribution in [3.05, 3.63) is 246 Å². The van der Waals surface area contributed by atoms with Gasteiger partial charge in [-0.05, 0) is 45.5 Å². The number of amides is 1. The highest BCUT2D eigenvalue weighted by Crippen LogP contribution is 2.38. The van der Waals surface area contributed by atoms with Crippen LogP contribution in [-0.4, -0.2) is 103 Å². The zero-order valence-corrected chi connectivity index (χ0v) is 48.2. The van der Waals surface area contributed by atoms with E-state index in [9.17, 15) is 4.79 Å². The predicted octanol–water partition coefficient (Wildman–Crippen LogP) is 13.4. The molecule has 2 saturated heterocycles. The Morgan fingerprint density at radius 3 is 1.21 bits per heavy atom. The lowest BCUT2D eigenvalue weighted by molar-refractivity contribution is -0.361. The van der Waals surface area contributed by atoms with E-state index in [0.29, 0.717) is 5.56 Å². The molecule has 2 fully saturated rings. The third kappa shape index (κ3) is 19.8. The van der Waals surface area contributed by atoms with E-state index in [2.05, 4.69) is 10.3 Å². The second kappa shape index (κ2) is 31.8. The molecular weight excluding hydrogens is 1160 g/mol. The molecule has 2 heterocycles. The van der Waals surface area contributed by atoms with Gasteiger partial charge in [0.2, 0.25) is 10.1 Å². The van der Waals surface area contributed by atoms with Gasteiger partial charge in [-0.3, -0.25) is 0 Å². The number of hydrogen-bond acceptors (Lipinski definition) is 13. The van der Waals surface area contributed by atoms with E-state index in [4.69, 9.17) is 86.9 Å². The van der Waals surface area contributed by atoms with Crippen molar-refractivity contribution >= 4 is 52.5 Å². The standard InChI is InChI=1S/C65H64Cl3F3N2O12/c66-64(67,68)44-81-63(74)73-54-57(79-40-49-30-16-5-17-31-49)55(77-38-47-26-12-3-13-27-47)52(42-75-36-45-22-8-1-9-23-45)82-60(54)84-59-58(80-41-50-32-18-6-19-33-50)56(78-39-48-28-14-4-15-29-48)53(43-76-37-46-24-10-2-11-25-46)83-61(59)85-62(65(69,70)71)72-51-34-20-7-21-35-51/h1-35,52-61H,36-44H2,(H,73,74)/t52-,53-,54-,55-,56-,57-,58+,59+,60+,61-/m1/s1. The van der Waals surface area contributed by atoms with Gasteiger partial charge in [0.1, 0.15) is 49.3 Å². The van der Waals surface area contributed by atoms with Crippen molar-refractivity contribution in [2.24, 2.45) is 4.99 Å². The highest BCUT2D eigenvalue weighted by atomic mass is 35.6. The number of nitrogens with zero attached hydrogens (tertiary/aromatic N) is 1. The van der Waals surface area contributed by atoms with Gasteiger partial charge in [-0.25, -0.2) is 9.79 Å². The normalized spacial score (nSPS) is 22.8. The number of halogens is 6. The molecule has 7 aromatic carbocycles. The maximum Gasteiger partial charge on any atom is 0.468 e. The maximum absolute atomic E-state index is 15.7. The summed E-state index contributed by atoms with van der Waals surface area (Å²) < 4.78 is 118. The zero-order chi connectivity index (χ0) is 59.3. The third-order valence-electron chi connectivity index (χ3n) is 13.6. The minimum atomic E-state index is -5.21. The molecule has 7 aromatic rings.